The Bertz CT molecular complexity index is 597. The lowest BCUT2D eigenvalue weighted by Gasteiger charge is -2.34. The maximum atomic E-state index is 13.0. The fourth-order valence-electron chi connectivity index (χ4n) is 2.65. The minimum Gasteiger partial charge on any atom is -0.370 e. The average Bonchev–Trinajstić information content (AvgIpc) is 2.46. The van der Waals surface area contributed by atoms with Crippen molar-refractivity contribution < 1.29 is 18.0 Å². The third-order valence-corrected chi connectivity index (χ3v) is 4.38. The van der Waals surface area contributed by atoms with Crippen LogP contribution in [-0.2, 0) is 11.0 Å². The normalized spacial score (nSPS) is 17.0. The molecule has 0 spiro atoms. The first-order valence-corrected chi connectivity index (χ1v) is 8.26. The van der Waals surface area contributed by atoms with Crippen LogP contribution in [0.15, 0.2) is 18.2 Å². The van der Waals surface area contributed by atoms with E-state index in [1.807, 2.05) is 0 Å². The van der Waals surface area contributed by atoms with Crippen LogP contribution in [-0.4, -0.2) is 19.0 Å². The molecule has 6 heteroatoms. The molecule has 1 aromatic carbocycles. The molecule has 0 unspecified atom stereocenters. The summed E-state index contributed by atoms with van der Waals surface area (Å²) in [7, 11) is 0. The van der Waals surface area contributed by atoms with Gasteiger partial charge in [0, 0.05) is 18.5 Å². The number of halogens is 3. The fraction of sp³-hybridized carbons (Fsp3) is 0.611. The summed E-state index contributed by atoms with van der Waals surface area (Å²) in [5, 5.41) is 2.69. The zero-order chi connectivity index (χ0) is 18.1. The molecule has 1 heterocycles. The lowest BCUT2D eigenvalue weighted by atomic mass is 9.95. The van der Waals surface area contributed by atoms with Gasteiger partial charge in [-0.1, -0.05) is 27.7 Å². The van der Waals surface area contributed by atoms with Gasteiger partial charge in [0.25, 0.3) is 0 Å². The fourth-order valence-corrected chi connectivity index (χ4v) is 2.65. The second kappa shape index (κ2) is 6.65. The van der Waals surface area contributed by atoms with Crippen molar-refractivity contribution in [2.75, 3.05) is 23.3 Å². The Morgan fingerprint density at radius 2 is 1.75 bits per heavy atom. The highest BCUT2D eigenvalue weighted by atomic mass is 19.4. The molecule has 0 aromatic heterocycles. The number of piperidine rings is 1. The number of anilines is 2. The van der Waals surface area contributed by atoms with E-state index in [4.69, 9.17) is 0 Å². The number of rotatable bonds is 2. The van der Waals surface area contributed by atoms with Gasteiger partial charge in [0.15, 0.2) is 0 Å². The van der Waals surface area contributed by atoms with Gasteiger partial charge in [-0.3, -0.25) is 4.79 Å². The average molecular weight is 342 g/mol. The summed E-state index contributed by atoms with van der Waals surface area (Å²) in [6, 6.07) is 3.59. The van der Waals surface area contributed by atoms with Crippen molar-refractivity contribution in [2.24, 2.45) is 11.3 Å². The Hall–Kier alpha value is -1.72. The molecular weight excluding hydrogens is 317 g/mol. The number of hydrogen-bond donors (Lipinski definition) is 1. The summed E-state index contributed by atoms with van der Waals surface area (Å²) in [5.74, 6) is 0.316. The largest absolute Gasteiger partial charge is 0.416 e. The molecule has 24 heavy (non-hydrogen) atoms. The molecule has 0 saturated carbocycles. The van der Waals surface area contributed by atoms with Crippen LogP contribution in [0.1, 0.15) is 46.1 Å². The maximum absolute atomic E-state index is 13.0. The third-order valence-electron chi connectivity index (χ3n) is 4.38. The number of carbonyl (C=O) groups is 1. The van der Waals surface area contributed by atoms with Crippen LogP contribution in [0.25, 0.3) is 0 Å². The molecule has 1 aliphatic heterocycles. The molecule has 1 fully saturated rings. The molecule has 1 aliphatic rings. The number of amides is 1. The monoisotopic (exact) mass is 342 g/mol. The molecule has 0 radical (unpaired) electrons. The van der Waals surface area contributed by atoms with Crippen LogP contribution in [0, 0.1) is 11.3 Å². The van der Waals surface area contributed by atoms with Gasteiger partial charge in [-0.05, 0) is 37.0 Å². The van der Waals surface area contributed by atoms with Gasteiger partial charge in [0.1, 0.15) is 0 Å². The molecule has 1 N–H and O–H groups in total. The molecule has 2 rings (SSSR count). The number of alkyl halides is 3. The number of nitrogens with zero attached hydrogens (tertiary/aromatic N) is 1. The quantitative estimate of drug-likeness (QED) is 0.827. The highest BCUT2D eigenvalue weighted by molar-refractivity contribution is 5.97. The zero-order valence-electron chi connectivity index (χ0n) is 14.6. The Labute approximate surface area is 141 Å². The van der Waals surface area contributed by atoms with Crippen molar-refractivity contribution in [3.8, 4) is 0 Å². The summed E-state index contributed by atoms with van der Waals surface area (Å²) in [6.45, 7) is 8.94. The van der Waals surface area contributed by atoms with Crippen molar-refractivity contribution in [3.05, 3.63) is 23.8 Å². The molecule has 1 aromatic rings. The summed E-state index contributed by atoms with van der Waals surface area (Å²) < 4.78 is 39.1. The van der Waals surface area contributed by atoms with Crippen LogP contribution >= 0.6 is 0 Å². The lowest BCUT2D eigenvalue weighted by Crippen LogP contribution is -2.34. The van der Waals surface area contributed by atoms with Gasteiger partial charge in [-0.15, -0.1) is 0 Å². The summed E-state index contributed by atoms with van der Waals surface area (Å²) >= 11 is 0. The van der Waals surface area contributed by atoms with Crippen molar-refractivity contribution in [1.82, 2.24) is 0 Å². The highest BCUT2D eigenvalue weighted by Gasteiger charge is 2.32. The topological polar surface area (TPSA) is 32.3 Å². The van der Waals surface area contributed by atoms with E-state index >= 15 is 0 Å². The van der Waals surface area contributed by atoms with E-state index in [0.29, 0.717) is 11.6 Å². The van der Waals surface area contributed by atoms with E-state index in [9.17, 15) is 18.0 Å². The summed E-state index contributed by atoms with van der Waals surface area (Å²) in [6.07, 6.45) is -2.45. The summed E-state index contributed by atoms with van der Waals surface area (Å²) in [5.41, 5.74) is -0.533. The lowest BCUT2D eigenvalue weighted by molar-refractivity contribution is -0.137. The van der Waals surface area contributed by atoms with Crippen LogP contribution in [0.2, 0.25) is 0 Å². The minimum absolute atomic E-state index is 0.235. The van der Waals surface area contributed by atoms with Crippen LogP contribution in [0.3, 0.4) is 0 Å². The first-order chi connectivity index (χ1) is 11.0. The predicted molar refractivity (Wildman–Crippen MR) is 90.1 cm³/mol. The van der Waals surface area contributed by atoms with Gasteiger partial charge in [-0.2, -0.15) is 13.2 Å². The summed E-state index contributed by atoms with van der Waals surface area (Å²) in [4.78, 5) is 14.3. The third kappa shape index (κ3) is 4.42. The van der Waals surface area contributed by atoms with Crippen LogP contribution < -0.4 is 10.2 Å². The highest BCUT2D eigenvalue weighted by Crippen LogP contribution is 2.37. The van der Waals surface area contributed by atoms with Crippen molar-refractivity contribution in [2.45, 2.75) is 46.7 Å². The first kappa shape index (κ1) is 18.6. The molecule has 1 amide bonds. The Kier molecular flexibility index (Phi) is 5.16. The SMILES string of the molecule is CC1CCN(c2ccc(C(F)(F)F)cc2NC(=O)C(C)(C)C)CC1. The van der Waals surface area contributed by atoms with Gasteiger partial charge in [-0.25, -0.2) is 0 Å². The molecule has 0 aliphatic carbocycles. The molecule has 3 nitrogen and oxygen atoms in total. The minimum atomic E-state index is -4.43. The van der Waals surface area contributed by atoms with Crippen molar-refractivity contribution in [1.29, 1.82) is 0 Å². The Balaban J connectivity index is 2.36. The zero-order valence-corrected chi connectivity index (χ0v) is 14.6. The molecular formula is C18H25F3N2O. The molecule has 134 valence electrons. The molecule has 0 atom stereocenters. The van der Waals surface area contributed by atoms with Gasteiger partial charge < -0.3 is 10.2 Å². The van der Waals surface area contributed by atoms with E-state index in [-0.39, 0.29) is 11.6 Å². The van der Waals surface area contributed by atoms with Crippen molar-refractivity contribution in [3.63, 3.8) is 0 Å². The number of nitrogens with one attached hydrogen (secondary N) is 1. The van der Waals surface area contributed by atoms with E-state index < -0.39 is 17.2 Å². The first-order valence-electron chi connectivity index (χ1n) is 8.26. The van der Waals surface area contributed by atoms with Crippen LogP contribution in [0.5, 0.6) is 0 Å². The molecule has 1 saturated heterocycles. The second-order valence-corrected chi connectivity index (χ2v) is 7.60. The molecule has 0 bridgehead atoms. The van der Waals surface area contributed by atoms with E-state index in [1.165, 1.54) is 6.07 Å². The second-order valence-electron chi connectivity index (χ2n) is 7.60. The van der Waals surface area contributed by atoms with E-state index in [1.54, 1.807) is 20.8 Å². The number of hydrogen-bond acceptors (Lipinski definition) is 2. The predicted octanol–water partition coefficient (Wildman–Crippen LogP) is 4.93. The van der Waals surface area contributed by atoms with Gasteiger partial charge in [0.05, 0.1) is 16.9 Å². The van der Waals surface area contributed by atoms with Gasteiger partial charge in [0.2, 0.25) is 5.91 Å². The van der Waals surface area contributed by atoms with Crippen LogP contribution in [0.4, 0.5) is 24.5 Å². The Morgan fingerprint density at radius 3 is 2.25 bits per heavy atom. The smallest absolute Gasteiger partial charge is 0.370 e. The maximum Gasteiger partial charge on any atom is 0.416 e. The number of carbonyl (C=O) groups excluding carboxylic acids is 1. The van der Waals surface area contributed by atoms with Crippen molar-refractivity contribution >= 4 is 17.3 Å². The Morgan fingerprint density at radius 1 is 1.17 bits per heavy atom. The standard InChI is InChI=1S/C18H25F3N2O/c1-12-7-9-23(10-8-12)15-6-5-13(18(19,20)21)11-14(15)22-16(24)17(2,3)4/h5-6,11-12H,7-10H2,1-4H3,(H,22,24). The van der Waals surface area contributed by atoms with Gasteiger partial charge >= 0.3 is 6.18 Å². The van der Waals surface area contributed by atoms with E-state index in [2.05, 4.69) is 17.1 Å². The number of benzene rings is 1. The van der Waals surface area contributed by atoms with E-state index in [0.717, 1.165) is 38.1 Å².